The highest BCUT2D eigenvalue weighted by Gasteiger charge is 2.31. The smallest absolute Gasteiger partial charge is 0.469 e. The summed E-state index contributed by atoms with van der Waals surface area (Å²) in [7, 11) is -4.61. The van der Waals surface area contributed by atoms with Crippen molar-refractivity contribution >= 4 is 13.9 Å². The summed E-state index contributed by atoms with van der Waals surface area (Å²) in [6.45, 7) is 9.76. The first-order valence-electron chi connectivity index (χ1n) is 11.4. The quantitative estimate of drug-likeness (QED) is 0.122. The number of ether oxygens (including phenoxy) is 1. The number of carbonyl (C=O) groups is 1. The Morgan fingerprint density at radius 2 is 1.94 bits per heavy atom. The number of nitrogens with one attached hydrogen (secondary N) is 1. The Morgan fingerprint density at radius 1 is 1.26 bits per heavy atom. The molecule has 2 atom stereocenters. The molecule has 0 saturated carbocycles. The molecule has 35 heavy (non-hydrogen) atoms. The number of benzene rings is 1. The van der Waals surface area contributed by atoms with Gasteiger partial charge in [-0.2, -0.15) is 0 Å². The molecule has 2 rings (SSSR count). The van der Waals surface area contributed by atoms with Crippen LogP contribution in [0.15, 0.2) is 35.9 Å². The largest absolute Gasteiger partial charge is 0.507 e. The van der Waals surface area contributed by atoms with Gasteiger partial charge in [-0.05, 0) is 63.1 Å². The zero-order valence-corrected chi connectivity index (χ0v) is 22.0. The van der Waals surface area contributed by atoms with Gasteiger partial charge in [0.1, 0.15) is 11.5 Å². The van der Waals surface area contributed by atoms with E-state index in [1.165, 1.54) is 5.57 Å². The summed E-state index contributed by atoms with van der Waals surface area (Å²) in [4.78, 5) is 29.9. The predicted octanol–water partition coefficient (Wildman–Crippen LogP) is 5.66. The van der Waals surface area contributed by atoms with E-state index in [0.29, 0.717) is 5.56 Å². The number of aryl methyl sites for hydroxylation is 1. The Morgan fingerprint density at radius 3 is 2.54 bits per heavy atom. The molecule has 0 aliphatic heterocycles. The summed E-state index contributed by atoms with van der Waals surface area (Å²) in [5.74, 6) is 0.283. The van der Waals surface area contributed by atoms with Crippen LogP contribution in [0, 0.1) is 5.92 Å². The molecule has 0 radical (unpaired) electrons. The average molecular weight is 516 g/mol. The summed E-state index contributed by atoms with van der Waals surface area (Å²) >= 11 is 0. The van der Waals surface area contributed by atoms with Crippen molar-refractivity contribution in [3.63, 3.8) is 0 Å². The first kappa shape index (κ1) is 32.8. The minimum absolute atomic E-state index is 0. The van der Waals surface area contributed by atoms with E-state index in [4.69, 9.17) is 14.5 Å². The summed E-state index contributed by atoms with van der Waals surface area (Å²) in [5.41, 5.74) is 3.62. The molecule has 0 saturated heterocycles. The number of unbranched alkanes of at least 4 members (excludes halogenated alkanes) is 2. The zero-order chi connectivity index (χ0) is 24.6. The SMILES string of the molecule is C=C(C)[C@@H]1CCC(C)=C[C@H]1c1c(O)cc(CCCCC)cc1OC(=O)NCCOP(=O)(O)O.N.N. The summed E-state index contributed by atoms with van der Waals surface area (Å²) in [6.07, 6.45) is 6.98. The molecule has 10 nitrogen and oxygen atoms in total. The van der Waals surface area contributed by atoms with E-state index >= 15 is 0 Å². The van der Waals surface area contributed by atoms with Crippen LogP contribution in [0.3, 0.4) is 0 Å². The lowest BCUT2D eigenvalue weighted by Crippen LogP contribution is -2.30. The van der Waals surface area contributed by atoms with E-state index in [2.05, 4.69) is 29.4 Å². The van der Waals surface area contributed by atoms with Crippen molar-refractivity contribution < 1.29 is 33.5 Å². The van der Waals surface area contributed by atoms with Crippen molar-refractivity contribution in [2.75, 3.05) is 13.2 Å². The molecule has 1 amide bonds. The first-order valence-corrected chi connectivity index (χ1v) is 12.9. The summed E-state index contributed by atoms with van der Waals surface area (Å²) in [6, 6.07) is 3.54. The van der Waals surface area contributed by atoms with Crippen molar-refractivity contribution in [3.05, 3.63) is 47.1 Å². The van der Waals surface area contributed by atoms with E-state index in [-0.39, 0.29) is 48.8 Å². The van der Waals surface area contributed by atoms with Crippen LogP contribution in [0.1, 0.15) is 69.9 Å². The third-order valence-electron chi connectivity index (χ3n) is 5.80. The van der Waals surface area contributed by atoms with Crippen molar-refractivity contribution in [1.82, 2.24) is 17.6 Å². The number of hydrogen-bond acceptors (Lipinski definition) is 7. The molecule has 0 spiro atoms. The highest BCUT2D eigenvalue weighted by Crippen LogP contribution is 2.47. The van der Waals surface area contributed by atoms with Crippen LogP contribution in [0.4, 0.5) is 4.79 Å². The van der Waals surface area contributed by atoms with Gasteiger partial charge in [0.05, 0.1) is 6.61 Å². The van der Waals surface area contributed by atoms with E-state index in [1.807, 2.05) is 13.8 Å². The van der Waals surface area contributed by atoms with Gasteiger partial charge in [0, 0.05) is 18.0 Å². The number of rotatable bonds is 11. The van der Waals surface area contributed by atoms with Gasteiger partial charge in [-0.3, -0.25) is 4.52 Å². The van der Waals surface area contributed by atoms with Gasteiger partial charge in [-0.1, -0.05) is 43.6 Å². The fraction of sp³-hybridized carbons (Fsp3) is 0.542. The van der Waals surface area contributed by atoms with Crippen LogP contribution < -0.4 is 22.4 Å². The number of amides is 1. The third-order valence-corrected chi connectivity index (χ3v) is 6.32. The van der Waals surface area contributed by atoms with Crippen molar-refractivity contribution in [1.29, 1.82) is 0 Å². The Labute approximate surface area is 208 Å². The Hall–Kier alpha value is -2.20. The Kier molecular flexibility index (Phi) is 14.1. The molecule has 1 aliphatic rings. The van der Waals surface area contributed by atoms with Gasteiger partial charge in [0.15, 0.2) is 0 Å². The molecular weight excluding hydrogens is 473 g/mol. The maximum Gasteiger partial charge on any atom is 0.469 e. The van der Waals surface area contributed by atoms with Crippen LogP contribution >= 0.6 is 7.82 Å². The molecule has 10 N–H and O–H groups in total. The highest BCUT2D eigenvalue weighted by atomic mass is 31.2. The summed E-state index contributed by atoms with van der Waals surface area (Å²) in [5, 5.41) is 13.4. The monoisotopic (exact) mass is 515 g/mol. The fourth-order valence-corrected chi connectivity index (χ4v) is 4.50. The Balaban J connectivity index is 0.00000578. The van der Waals surface area contributed by atoms with Gasteiger partial charge in [0.2, 0.25) is 0 Å². The van der Waals surface area contributed by atoms with Gasteiger partial charge in [-0.25, -0.2) is 9.36 Å². The molecule has 11 heteroatoms. The number of phenols is 1. The molecule has 1 aromatic rings. The second-order valence-corrected chi connectivity index (χ2v) is 9.89. The van der Waals surface area contributed by atoms with Gasteiger partial charge in [0.25, 0.3) is 0 Å². The number of allylic oxidation sites excluding steroid dienone is 3. The van der Waals surface area contributed by atoms with Gasteiger partial charge >= 0.3 is 13.9 Å². The fourth-order valence-electron chi connectivity index (χ4n) is 4.17. The zero-order valence-electron chi connectivity index (χ0n) is 21.1. The van der Waals surface area contributed by atoms with Crippen LogP contribution in [0.5, 0.6) is 11.5 Å². The molecule has 0 fully saturated rings. The molecular formula is C24H42N3O7P. The van der Waals surface area contributed by atoms with E-state index in [9.17, 15) is 14.5 Å². The molecule has 1 aromatic carbocycles. The van der Waals surface area contributed by atoms with Gasteiger partial charge in [-0.15, -0.1) is 0 Å². The predicted molar refractivity (Wildman–Crippen MR) is 137 cm³/mol. The van der Waals surface area contributed by atoms with Crippen LogP contribution in [-0.2, 0) is 15.5 Å². The number of phosphoric acid groups is 1. The minimum atomic E-state index is -4.61. The number of aromatic hydroxyl groups is 1. The van der Waals surface area contributed by atoms with Crippen molar-refractivity contribution in [2.45, 2.75) is 65.2 Å². The minimum Gasteiger partial charge on any atom is -0.507 e. The third kappa shape index (κ3) is 10.5. The molecule has 0 bridgehead atoms. The second kappa shape index (κ2) is 15.0. The lowest BCUT2D eigenvalue weighted by Gasteiger charge is -2.32. The molecule has 0 unspecified atom stereocenters. The lowest BCUT2D eigenvalue weighted by molar-refractivity contribution is 0.182. The summed E-state index contributed by atoms with van der Waals surface area (Å²) < 4.78 is 20.7. The number of phosphoric ester groups is 1. The standard InChI is InChI=1S/C24H36NO7P.2H3N/c1-5-6-7-8-18-14-21(26)23(20-13-17(4)9-10-19(20)16(2)3)22(15-18)32-24(27)25-11-12-31-33(28,29)30;;/h13-15,19-20,26H,2,5-12H2,1,3-4H3,(H,25,27)(H2,28,29,30);2*1H3/t19-,20+;;/m0../s1. The topological polar surface area (TPSA) is 195 Å². The number of hydrogen-bond donors (Lipinski definition) is 6. The molecule has 0 heterocycles. The van der Waals surface area contributed by atoms with Gasteiger partial charge < -0.3 is 37.2 Å². The maximum atomic E-state index is 12.4. The first-order chi connectivity index (χ1) is 15.5. The van der Waals surface area contributed by atoms with Crippen LogP contribution in [0.25, 0.3) is 0 Å². The average Bonchev–Trinajstić information content (AvgIpc) is 2.70. The molecule has 1 aliphatic carbocycles. The highest BCUT2D eigenvalue weighted by molar-refractivity contribution is 7.46. The normalized spacial score (nSPS) is 17.5. The number of phenolic OH excluding ortho intramolecular Hbond substituents is 1. The van der Waals surface area contributed by atoms with Crippen LogP contribution in [-0.4, -0.2) is 34.1 Å². The van der Waals surface area contributed by atoms with E-state index in [1.54, 1.807) is 12.1 Å². The molecule has 200 valence electrons. The molecule has 0 aromatic heterocycles. The van der Waals surface area contributed by atoms with Crippen molar-refractivity contribution in [2.24, 2.45) is 5.92 Å². The second-order valence-electron chi connectivity index (χ2n) is 8.65. The lowest BCUT2D eigenvalue weighted by atomic mass is 9.73. The van der Waals surface area contributed by atoms with E-state index < -0.39 is 13.9 Å². The van der Waals surface area contributed by atoms with Crippen LogP contribution in [0.2, 0.25) is 0 Å². The number of carbonyl (C=O) groups excluding carboxylic acids is 1. The van der Waals surface area contributed by atoms with Crippen molar-refractivity contribution in [3.8, 4) is 11.5 Å². The maximum absolute atomic E-state index is 12.4. The Bertz CT molecular complexity index is 930. The van der Waals surface area contributed by atoms with E-state index in [0.717, 1.165) is 49.7 Å².